The third-order valence-electron chi connectivity index (χ3n) is 6.36. The Kier molecular flexibility index (Phi) is 4.93. The molecule has 2 aliphatic heterocycles. The zero-order chi connectivity index (χ0) is 22.4. The maximum atomic E-state index is 13.1. The van der Waals surface area contributed by atoms with Gasteiger partial charge in [-0.3, -0.25) is 4.79 Å². The van der Waals surface area contributed by atoms with E-state index in [1.165, 1.54) is 23.4 Å². The fourth-order valence-electron chi connectivity index (χ4n) is 4.85. The van der Waals surface area contributed by atoms with Gasteiger partial charge in [0, 0.05) is 29.7 Å². The van der Waals surface area contributed by atoms with E-state index in [1.807, 2.05) is 0 Å². The maximum absolute atomic E-state index is 13.1. The van der Waals surface area contributed by atoms with E-state index >= 15 is 0 Å². The van der Waals surface area contributed by atoms with Gasteiger partial charge in [0.15, 0.2) is 5.78 Å². The lowest BCUT2D eigenvalue weighted by Crippen LogP contribution is -2.34. The first kappa shape index (κ1) is 20.2. The van der Waals surface area contributed by atoms with Gasteiger partial charge in [0.2, 0.25) is 0 Å². The monoisotopic (exact) mass is 429 g/mol. The van der Waals surface area contributed by atoms with Gasteiger partial charge in [-0.05, 0) is 79.6 Å². The summed E-state index contributed by atoms with van der Waals surface area (Å²) in [5, 5.41) is 9.82. The summed E-state index contributed by atoms with van der Waals surface area (Å²) >= 11 is 0. The first-order valence-electron chi connectivity index (χ1n) is 10.9. The van der Waals surface area contributed by atoms with Crippen LogP contribution in [0.1, 0.15) is 57.2 Å². The lowest BCUT2D eigenvalue weighted by molar-refractivity contribution is 0.0696. The van der Waals surface area contributed by atoms with E-state index in [9.17, 15) is 14.4 Å². The molecule has 3 aromatic rings. The van der Waals surface area contributed by atoms with E-state index in [1.54, 1.807) is 31.2 Å². The maximum Gasteiger partial charge on any atom is 0.347 e. The normalized spacial score (nSPS) is 15.5. The van der Waals surface area contributed by atoms with Crippen LogP contribution in [0.5, 0.6) is 0 Å². The number of carbonyl (C=O) groups excluding carboxylic acids is 1. The van der Waals surface area contributed by atoms with Crippen molar-refractivity contribution in [2.24, 2.45) is 0 Å². The average Bonchev–Trinajstić information content (AvgIpc) is 2.79. The van der Waals surface area contributed by atoms with Crippen molar-refractivity contribution < 1.29 is 19.1 Å². The molecule has 0 saturated carbocycles. The predicted molar refractivity (Wildman–Crippen MR) is 123 cm³/mol. The van der Waals surface area contributed by atoms with Crippen molar-refractivity contribution in [2.75, 3.05) is 18.0 Å². The molecule has 1 N–H and O–H groups in total. The highest BCUT2D eigenvalue weighted by Gasteiger charge is 2.27. The number of hydrogen-bond donors (Lipinski definition) is 1. The number of hydrogen-bond acceptors (Lipinski definition) is 5. The second-order valence-corrected chi connectivity index (χ2v) is 8.51. The molecule has 3 heterocycles. The summed E-state index contributed by atoms with van der Waals surface area (Å²) in [7, 11) is 0. The van der Waals surface area contributed by atoms with Crippen LogP contribution in [0.2, 0.25) is 0 Å². The molecule has 0 aliphatic carbocycles. The van der Waals surface area contributed by atoms with E-state index in [-0.39, 0.29) is 11.1 Å². The molecule has 0 saturated heterocycles. The van der Waals surface area contributed by atoms with Crippen LogP contribution in [-0.4, -0.2) is 29.9 Å². The van der Waals surface area contributed by atoms with Crippen LogP contribution in [0.3, 0.4) is 0 Å². The first-order valence-corrected chi connectivity index (χ1v) is 10.9. The van der Waals surface area contributed by atoms with Gasteiger partial charge in [-0.25, -0.2) is 9.59 Å². The summed E-state index contributed by atoms with van der Waals surface area (Å²) in [5.41, 5.74) is 4.80. The first-order chi connectivity index (χ1) is 15.4. The molecule has 2 aliphatic rings. The van der Waals surface area contributed by atoms with E-state index in [4.69, 9.17) is 9.52 Å². The third-order valence-corrected chi connectivity index (χ3v) is 6.36. The van der Waals surface area contributed by atoms with Crippen molar-refractivity contribution in [1.82, 2.24) is 0 Å². The van der Waals surface area contributed by atoms with Crippen LogP contribution in [0.25, 0.3) is 17.0 Å². The second-order valence-electron chi connectivity index (χ2n) is 8.51. The summed E-state index contributed by atoms with van der Waals surface area (Å²) in [6.45, 7) is 3.71. The molecule has 0 amide bonds. The SMILES string of the molecule is CC(=Cc1ccc(C(=O)O)cc1)C(=O)c1cc2cc3c4c(c2oc1=O)CCCN4CCC3. The molecule has 6 nitrogen and oxygen atoms in total. The molecule has 0 radical (unpaired) electrons. The van der Waals surface area contributed by atoms with Gasteiger partial charge in [0.25, 0.3) is 0 Å². The molecule has 0 spiro atoms. The van der Waals surface area contributed by atoms with E-state index in [0.717, 1.165) is 49.7 Å². The summed E-state index contributed by atoms with van der Waals surface area (Å²) in [5.74, 6) is -1.40. The molecule has 2 aromatic carbocycles. The number of carbonyl (C=O) groups is 2. The number of ketones is 1. The van der Waals surface area contributed by atoms with Gasteiger partial charge in [-0.15, -0.1) is 0 Å². The number of allylic oxidation sites excluding steroid dienone is 1. The van der Waals surface area contributed by atoms with Crippen LogP contribution >= 0.6 is 0 Å². The minimum absolute atomic E-state index is 0.0176. The zero-order valence-corrected chi connectivity index (χ0v) is 17.8. The van der Waals surface area contributed by atoms with E-state index in [2.05, 4.69) is 11.0 Å². The molecule has 0 bridgehead atoms. The van der Waals surface area contributed by atoms with Crippen LogP contribution in [-0.2, 0) is 12.8 Å². The Morgan fingerprint density at radius 1 is 1.06 bits per heavy atom. The number of carboxylic acids is 1. The van der Waals surface area contributed by atoms with Crippen molar-refractivity contribution in [3.63, 3.8) is 0 Å². The predicted octanol–water partition coefficient (Wildman–Crippen LogP) is 4.48. The largest absolute Gasteiger partial charge is 0.478 e. The lowest BCUT2D eigenvalue weighted by Gasteiger charge is -2.37. The van der Waals surface area contributed by atoms with Crippen molar-refractivity contribution in [3.8, 4) is 0 Å². The Morgan fingerprint density at radius 3 is 2.50 bits per heavy atom. The molecule has 6 heteroatoms. The highest BCUT2D eigenvalue weighted by atomic mass is 16.4. The third kappa shape index (κ3) is 3.42. The Morgan fingerprint density at radius 2 is 1.78 bits per heavy atom. The number of Topliss-reactive ketones (excluding diaryl/α,β-unsaturated/α-hetero) is 1. The van der Waals surface area contributed by atoms with E-state index < -0.39 is 17.4 Å². The molecule has 162 valence electrons. The van der Waals surface area contributed by atoms with Crippen molar-refractivity contribution in [2.45, 2.75) is 32.6 Å². The number of carboxylic acid groups (broad SMARTS) is 1. The topological polar surface area (TPSA) is 87.8 Å². The van der Waals surface area contributed by atoms with E-state index in [0.29, 0.717) is 16.7 Å². The molecule has 0 fully saturated rings. The number of benzene rings is 2. The second kappa shape index (κ2) is 7.79. The van der Waals surface area contributed by atoms with Gasteiger partial charge < -0.3 is 14.4 Å². The Balaban J connectivity index is 1.54. The molecule has 32 heavy (non-hydrogen) atoms. The van der Waals surface area contributed by atoms with Crippen LogP contribution in [0.15, 0.2) is 51.2 Å². The minimum Gasteiger partial charge on any atom is -0.478 e. The number of fused-ring (bicyclic) bond motifs is 2. The highest BCUT2D eigenvalue weighted by molar-refractivity contribution is 6.12. The average molecular weight is 429 g/mol. The Labute approximate surface area is 184 Å². The highest BCUT2D eigenvalue weighted by Crippen LogP contribution is 2.39. The summed E-state index contributed by atoms with van der Waals surface area (Å²) in [6, 6.07) is 9.95. The molecular weight excluding hydrogens is 406 g/mol. The Hall–Kier alpha value is -3.67. The number of aromatic carboxylic acids is 1. The summed E-state index contributed by atoms with van der Waals surface area (Å²) < 4.78 is 5.73. The van der Waals surface area contributed by atoms with Gasteiger partial charge in [0.1, 0.15) is 11.1 Å². The molecule has 0 unspecified atom stereocenters. The fourth-order valence-corrected chi connectivity index (χ4v) is 4.85. The minimum atomic E-state index is -1.01. The molecule has 5 rings (SSSR count). The number of aryl methyl sites for hydroxylation is 2. The summed E-state index contributed by atoms with van der Waals surface area (Å²) in [6.07, 6.45) is 5.63. The lowest BCUT2D eigenvalue weighted by atomic mass is 9.89. The van der Waals surface area contributed by atoms with Crippen LogP contribution < -0.4 is 10.5 Å². The quantitative estimate of drug-likeness (QED) is 0.374. The fraction of sp³-hybridized carbons (Fsp3) is 0.269. The van der Waals surface area contributed by atoms with Crippen LogP contribution in [0.4, 0.5) is 5.69 Å². The van der Waals surface area contributed by atoms with Crippen molar-refractivity contribution in [1.29, 1.82) is 0 Å². The van der Waals surface area contributed by atoms with Gasteiger partial charge in [-0.2, -0.15) is 0 Å². The number of nitrogens with zero attached hydrogens (tertiary/aromatic N) is 1. The molecule has 1 aromatic heterocycles. The number of rotatable bonds is 4. The number of anilines is 1. The summed E-state index contributed by atoms with van der Waals surface area (Å²) in [4.78, 5) is 39.3. The Bertz CT molecular complexity index is 1350. The van der Waals surface area contributed by atoms with Crippen LogP contribution in [0, 0.1) is 0 Å². The molecular formula is C26H23NO5. The molecule has 0 atom stereocenters. The standard InChI is InChI=1S/C26H23NO5/c1-15(12-16-6-8-17(9-7-16)25(29)30)23(28)21-14-19-13-18-4-2-10-27-11-3-5-20(22(18)27)24(19)32-26(21)31/h6-9,12-14H,2-5,10-11H2,1H3,(H,29,30). The van der Waals surface area contributed by atoms with Gasteiger partial charge >= 0.3 is 11.6 Å². The van der Waals surface area contributed by atoms with Crippen molar-refractivity contribution >= 4 is 34.5 Å². The van der Waals surface area contributed by atoms with Gasteiger partial charge in [-0.1, -0.05) is 12.1 Å². The zero-order valence-electron chi connectivity index (χ0n) is 17.8. The van der Waals surface area contributed by atoms with Crippen molar-refractivity contribution in [3.05, 3.63) is 80.2 Å². The van der Waals surface area contributed by atoms with Gasteiger partial charge in [0.05, 0.1) is 5.56 Å². The smallest absolute Gasteiger partial charge is 0.347 e.